The molecular weight excluding hydrogens is 457 g/mol. The monoisotopic (exact) mass is 479 g/mol. The average molecular weight is 480 g/mol. The maximum Gasteiger partial charge on any atom is 0.295 e. The second-order valence-corrected chi connectivity index (χ2v) is 8.90. The van der Waals surface area contributed by atoms with Crippen molar-refractivity contribution in [2.24, 2.45) is 5.92 Å². The molecule has 0 spiro atoms. The fourth-order valence-electron chi connectivity index (χ4n) is 4.46. The summed E-state index contributed by atoms with van der Waals surface area (Å²) in [4.78, 5) is 28.5. The maximum absolute atomic E-state index is 14.1. The molecule has 0 radical (unpaired) electrons. The molecule has 0 aliphatic carbocycles. The van der Waals surface area contributed by atoms with E-state index in [0.717, 1.165) is 12.8 Å². The van der Waals surface area contributed by atoms with Crippen molar-refractivity contribution in [2.45, 2.75) is 25.8 Å². The average Bonchev–Trinajstić information content (AvgIpc) is 3.25. The van der Waals surface area contributed by atoms with Crippen molar-refractivity contribution < 1.29 is 13.6 Å². The van der Waals surface area contributed by atoms with E-state index in [1.54, 1.807) is 36.7 Å². The lowest BCUT2D eigenvalue weighted by molar-refractivity contribution is 0.0540. The number of piperidine rings is 1. The molecular formula is C25H23ClFN5O2. The van der Waals surface area contributed by atoms with Gasteiger partial charge in [-0.05, 0) is 55.2 Å². The lowest BCUT2D eigenvalue weighted by atomic mass is 9.89. The van der Waals surface area contributed by atoms with Crippen LogP contribution in [0.4, 0.5) is 10.4 Å². The molecule has 1 N–H and O–H groups in total. The Morgan fingerprint density at radius 1 is 1.24 bits per heavy atom. The summed E-state index contributed by atoms with van der Waals surface area (Å²) in [5.41, 5.74) is 2.06. The summed E-state index contributed by atoms with van der Waals surface area (Å²) in [5, 5.41) is 3.82. The molecule has 9 heteroatoms. The van der Waals surface area contributed by atoms with Gasteiger partial charge < -0.3 is 14.6 Å². The van der Waals surface area contributed by atoms with Gasteiger partial charge in [0.25, 0.3) is 11.9 Å². The third kappa shape index (κ3) is 4.46. The van der Waals surface area contributed by atoms with Crippen LogP contribution in [0.5, 0.6) is 0 Å². The highest BCUT2D eigenvalue weighted by Gasteiger charge is 2.33. The van der Waals surface area contributed by atoms with E-state index in [9.17, 15) is 9.18 Å². The molecule has 5 rings (SSSR count). The minimum atomic E-state index is -0.444. The van der Waals surface area contributed by atoms with Crippen LogP contribution in [0.15, 0.2) is 59.3 Å². The van der Waals surface area contributed by atoms with Crippen LogP contribution in [0.25, 0.3) is 22.5 Å². The highest BCUT2D eigenvalue weighted by molar-refractivity contribution is 6.31. The molecule has 0 bridgehead atoms. The third-order valence-electron chi connectivity index (χ3n) is 6.21. The molecule has 2 unspecified atom stereocenters. The van der Waals surface area contributed by atoms with Gasteiger partial charge in [0, 0.05) is 42.1 Å². The van der Waals surface area contributed by atoms with Gasteiger partial charge in [0.1, 0.15) is 11.3 Å². The van der Waals surface area contributed by atoms with Crippen LogP contribution in [0, 0.1) is 11.7 Å². The molecule has 174 valence electrons. The number of hydrogen-bond donors (Lipinski definition) is 1. The molecule has 4 aromatic rings. The Kier molecular flexibility index (Phi) is 6.15. The van der Waals surface area contributed by atoms with Gasteiger partial charge in [-0.25, -0.2) is 14.4 Å². The number of carbonyl (C=O) groups is 1. The molecule has 34 heavy (non-hydrogen) atoms. The number of benzene rings is 2. The van der Waals surface area contributed by atoms with E-state index in [1.807, 2.05) is 4.90 Å². The van der Waals surface area contributed by atoms with Crippen molar-refractivity contribution in [2.75, 3.05) is 18.4 Å². The molecule has 1 aliphatic rings. The van der Waals surface area contributed by atoms with E-state index in [1.165, 1.54) is 18.2 Å². The molecule has 1 amide bonds. The third-order valence-corrected chi connectivity index (χ3v) is 6.44. The fraction of sp³-hybridized carbons (Fsp3) is 0.280. The van der Waals surface area contributed by atoms with Crippen LogP contribution in [-0.2, 0) is 0 Å². The van der Waals surface area contributed by atoms with Crippen molar-refractivity contribution >= 4 is 34.6 Å². The Labute approximate surface area is 201 Å². The maximum atomic E-state index is 14.1. The predicted octanol–water partition coefficient (Wildman–Crippen LogP) is 5.43. The van der Waals surface area contributed by atoms with Crippen LogP contribution in [0.3, 0.4) is 0 Å². The second kappa shape index (κ2) is 9.38. The summed E-state index contributed by atoms with van der Waals surface area (Å²) in [6, 6.07) is 11.4. The van der Waals surface area contributed by atoms with Crippen molar-refractivity contribution in [3.05, 3.63) is 71.3 Å². The number of rotatable bonds is 5. The smallest absolute Gasteiger partial charge is 0.295 e. The minimum Gasteiger partial charge on any atom is -0.424 e. The summed E-state index contributed by atoms with van der Waals surface area (Å²) < 4.78 is 19.9. The molecule has 1 aliphatic heterocycles. The standard InChI is InChI=1S/C25H23ClFN5O2/c1-15-4-2-11-32(21(15)14-30-25-31-20-8-5-16(26)12-22(20)34-25)24(33)18-7-6-17(27)13-19(18)23-28-9-3-10-29-23/h3,5-10,12-13,15,21H,2,4,11,14H2,1H3,(H,30,31). The Bertz CT molecular complexity index is 1330. The van der Waals surface area contributed by atoms with Crippen molar-refractivity contribution in [1.29, 1.82) is 0 Å². The first-order valence-corrected chi connectivity index (χ1v) is 11.6. The normalized spacial score (nSPS) is 18.3. The lowest BCUT2D eigenvalue weighted by Crippen LogP contribution is -2.51. The summed E-state index contributed by atoms with van der Waals surface area (Å²) in [6.07, 6.45) is 5.04. The first-order chi connectivity index (χ1) is 16.5. The van der Waals surface area contributed by atoms with Gasteiger partial charge in [0.15, 0.2) is 11.4 Å². The molecule has 2 atom stereocenters. The number of fused-ring (bicyclic) bond motifs is 1. The summed E-state index contributed by atoms with van der Waals surface area (Å²) in [7, 11) is 0. The number of nitrogens with one attached hydrogen (secondary N) is 1. The summed E-state index contributed by atoms with van der Waals surface area (Å²) >= 11 is 6.04. The lowest BCUT2D eigenvalue weighted by Gasteiger charge is -2.40. The van der Waals surface area contributed by atoms with Gasteiger partial charge in [0.05, 0.1) is 11.6 Å². The Hall–Kier alpha value is -3.52. The topological polar surface area (TPSA) is 84.2 Å². The van der Waals surface area contributed by atoms with Gasteiger partial charge >= 0.3 is 0 Å². The molecule has 2 aromatic carbocycles. The number of aromatic nitrogens is 3. The van der Waals surface area contributed by atoms with Crippen LogP contribution in [-0.4, -0.2) is 44.9 Å². The van der Waals surface area contributed by atoms with Crippen LogP contribution >= 0.6 is 11.6 Å². The van der Waals surface area contributed by atoms with Gasteiger partial charge in [-0.3, -0.25) is 4.79 Å². The number of hydrogen-bond acceptors (Lipinski definition) is 6. The van der Waals surface area contributed by atoms with E-state index in [2.05, 4.69) is 27.2 Å². The van der Waals surface area contributed by atoms with E-state index in [0.29, 0.717) is 52.2 Å². The zero-order valence-electron chi connectivity index (χ0n) is 18.5. The van der Waals surface area contributed by atoms with E-state index in [4.69, 9.17) is 16.0 Å². The number of likely N-dealkylation sites (tertiary alicyclic amines) is 1. The Morgan fingerprint density at radius 3 is 2.88 bits per heavy atom. The van der Waals surface area contributed by atoms with Gasteiger partial charge in [0.2, 0.25) is 0 Å². The van der Waals surface area contributed by atoms with Gasteiger partial charge in [-0.2, -0.15) is 4.98 Å². The van der Waals surface area contributed by atoms with Crippen LogP contribution < -0.4 is 5.32 Å². The highest BCUT2D eigenvalue weighted by Crippen LogP contribution is 2.29. The largest absolute Gasteiger partial charge is 0.424 e. The number of oxazole rings is 1. The van der Waals surface area contributed by atoms with Crippen molar-refractivity contribution in [3.63, 3.8) is 0 Å². The molecule has 1 fully saturated rings. The van der Waals surface area contributed by atoms with Gasteiger partial charge in [-0.1, -0.05) is 18.5 Å². The van der Waals surface area contributed by atoms with E-state index >= 15 is 0 Å². The molecule has 0 saturated carbocycles. The number of halogens is 2. The molecule has 2 aromatic heterocycles. The van der Waals surface area contributed by atoms with Crippen LogP contribution in [0.2, 0.25) is 5.02 Å². The molecule has 1 saturated heterocycles. The highest BCUT2D eigenvalue weighted by atomic mass is 35.5. The summed E-state index contributed by atoms with van der Waals surface area (Å²) in [5.74, 6) is -0.0541. The Balaban J connectivity index is 1.41. The van der Waals surface area contributed by atoms with Crippen molar-refractivity contribution in [1.82, 2.24) is 19.9 Å². The SMILES string of the molecule is CC1CCCN(C(=O)c2ccc(F)cc2-c2ncccn2)C1CNc1nc2ccc(Cl)cc2o1. The van der Waals surface area contributed by atoms with Crippen molar-refractivity contribution in [3.8, 4) is 11.4 Å². The first kappa shape index (κ1) is 22.3. The number of anilines is 1. The molecule has 7 nitrogen and oxygen atoms in total. The fourth-order valence-corrected chi connectivity index (χ4v) is 4.62. The Morgan fingerprint density at radius 2 is 2.06 bits per heavy atom. The number of amides is 1. The first-order valence-electron chi connectivity index (χ1n) is 11.2. The quantitative estimate of drug-likeness (QED) is 0.411. The molecule has 3 heterocycles. The van der Waals surface area contributed by atoms with Gasteiger partial charge in [-0.15, -0.1) is 0 Å². The van der Waals surface area contributed by atoms with E-state index in [-0.39, 0.29) is 17.9 Å². The zero-order valence-corrected chi connectivity index (χ0v) is 19.3. The number of carbonyl (C=O) groups excluding carboxylic acids is 1. The predicted molar refractivity (Wildman–Crippen MR) is 128 cm³/mol. The number of nitrogens with zero attached hydrogens (tertiary/aromatic N) is 4. The minimum absolute atomic E-state index is 0.102. The van der Waals surface area contributed by atoms with Crippen LogP contribution in [0.1, 0.15) is 30.1 Å². The van der Waals surface area contributed by atoms with E-state index < -0.39 is 5.82 Å². The zero-order chi connectivity index (χ0) is 23.7. The summed E-state index contributed by atoms with van der Waals surface area (Å²) in [6.45, 7) is 3.19. The second-order valence-electron chi connectivity index (χ2n) is 8.46.